The molecule has 0 aromatic carbocycles. The lowest BCUT2D eigenvalue weighted by atomic mass is 10.4. The molecule has 0 amide bonds. The van der Waals surface area contributed by atoms with Gasteiger partial charge in [0.2, 0.25) is 0 Å². The normalized spacial score (nSPS) is 10.3. The van der Waals surface area contributed by atoms with Crippen molar-refractivity contribution in [3.63, 3.8) is 0 Å². The summed E-state index contributed by atoms with van der Waals surface area (Å²) in [5.41, 5.74) is 0.886. The summed E-state index contributed by atoms with van der Waals surface area (Å²) < 4.78 is 10.1. The van der Waals surface area contributed by atoms with Gasteiger partial charge in [0.1, 0.15) is 6.26 Å². The molecule has 0 spiro atoms. The van der Waals surface area contributed by atoms with Crippen LogP contribution in [0.25, 0.3) is 0 Å². The van der Waals surface area contributed by atoms with Gasteiger partial charge in [-0.25, -0.2) is 0 Å². The molecule has 1 rings (SSSR count). The van der Waals surface area contributed by atoms with E-state index in [4.69, 9.17) is 9.15 Å². The summed E-state index contributed by atoms with van der Waals surface area (Å²) in [5.74, 6) is 0. The molecular weight excluding hydrogens is 168 g/mol. The molecule has 0 unspecified atom stereocenters. The average Bonchev–Trinajstić information content (AvgIpc) is 2.54. The molecule has 1 aromatic rings. The molecule has 0 aliphatic carbocycles. The fourth-order valence-corrected chi connectivity index (χ4v) is 0.953. The summed E-state index contributed by atoms with van der Waals surface area (Å²) >= 11 is 0. The number of oxazole rings is 1. The zero-order valence-corrected chi connectivity index (χ0v) is 8.17. The van der Waals surface area contributed by atoms with Crippen molar-refractivity contribution < 1.29 is 9.15 Å². The molecule has 0 fully saturated rings. The highest BCUT2D eigenvalue weighted by atomic mass is 16.6. The van der Waals surface area contributed by atoms with Gasteiger partial charge < -0.3 is 14.5 Å². The molecule has 0 saturated heterocycles. The summed E-state index contributed by atoms with van der Waals surface area (Å²) in [6.45, 7) is 6.35. The van der Waals surface area contributed by atoms with Gasteiger partial charge in [0.05, 0.1) is 12.3 Å². The maximum absolute atomic E-state index is 5.09. The van der Waals surface area contributed by atoms with Crippen LogP contribution < -0.4 is 10.1 Å². The maximum Gasteiger partial charge on any atom is 0.393 e. The van der Waals surface area contributed by atoms with E-state index in [9.17, 15) is 0 Å². The van der Waals surface area contributed by atoms with Gasteiger partial charge in [-0.3, -0.25) is 0 Å². The molecule has 0 aliphatic rings. The number of aromatic nitrogens is 1. The fourth-order valence-electron chi connectivity index (χ4n) is 0.953. The van der Waals surface area contributed by atoms with Gasteiger partial charge in [-0.15, -0.1) is 0 Å². The van der Waals surface area contributed by atoms with E-state index in [0.29, 0.717) is 12.7 Å². The lowest BCUT2D eigenvalue weighted by Crippen LogP contribution is -2.13. The first-order chi connectivity index (χ1) is 6.36. The van der Waals surface area contributed by atoms with Crippen molar-refractivity contribution in [2.75, 3.05) is 13.2 Å². The number of nitrogens with zero attached hydrogens (tertiary/aromatic N) is 1. The number of hydrogen-bond acceptors (Lipinski definition) is 4. The van der Waals surface area contributed by atoms with Gasteiger partial charge in [0.25, 0.3) is 0 Å². The van der Waals surface area contributed by atoms with E-state index in [2.05, 4.69) is 17.2 Å². The number of ether oxygens (including phenoxy) is 1. The van der Waals surface area contributed by atoms with Crippen molar-refractivity contribution in [2.45, 2.75) is 26.8 Å². The summed E-state index contributed by atoms with van der Waals surface area (Å²) in [4.78, 5) is 4.12. The lowest BCUT2D eigenvalue weighted by molar-refractivity contribution is 0.244. The second-order valence-electron chi connectivity index (χ2n) is 2.71. The molecule has 4 nitrogen and oxygen atoms in total. The van der Waals surface area contributed by atoms with Crippen molar-refractivity contribution in [3.8, 4) is 6.08 Å². The molecule has 0 bridgehead atoms. The van der Waals surface area contributed by atoms with Gasteiger partial charge in [0, 0.05) is 6.54 Å². The second kappa shape index (κ2) is 5.59. The standard InChI is InChI=1S/C9H16N2O2/c1-3-5-10-6-8-7-13-9(11-8)12-4-2/h7,10H,3-6H2,1-2H3. The van der Waals surface area contributed by atoms with Crippen molar-refractivity contribution in [3.05, 3.63) is 12.0 Å². The van der Waals surface area contributed by atoms with Gasteiger partial charge in [-0.2, -0.15) is 4.98 Å². The Bertz CT molecular complexity index is 235. The summed E-state index contributed by atoms with van der Waals surface area (Å²) in [7, 11) is 0. The molecule has 0 saturated carbocycles. The topological polar surface area (TPSA) is 47.3 Å². The molecule has 0 radical (unpaired) electrons. The molecule has 13 heavy (non-hydrogen) atoms. The minimum absolute atomic E-state index is 0.357. The molecule has 1 heterocycles. The average molecular weight is 184 g/mol. The summed E-state index contributed by atoms with van der Waals surface area (Å²) in [6.07, 6.45) is 3.10. The predicted molar refractivity (Wildman–Crippen MR) is 49.7 cm³/mol. The zero-order chi connectivity index (χ0) is 9.52. The van der Waals surface area contributed by atoms with Gasteiger partial charge in [-0.1, -0.05) is 6.92 Å². The van der Waals surface area contributed by atoms with E-state index in [1.54, 1.807) is 6.26 Å². The third-order valence-electron chi connectivity index (χ3n) is 1.53. The molecule has 74 valence electrons. The van der Waals surface area contributed by atoms with Crippen molar-refractivity contribution >= 4 is 0 Å². The third kappa shape index (κ3) is 3.46. The summed E-state index contributed by atoms with van der Waals surface area (Å²) in [5, 5.41) is 3.23. The Balaban J connectivity index is 2.31. The van der Waals surface area contributed by atoms with Crippen molar-refractivity contribution in [1.29, 1.82) is 0 Å². The Kier molecular flexibility index (Phi) is 4.32. The van der Waals surface area contributed by atoms with E-state index in [0.717, 1.165) is 25.2 Å². The van der Waals surface area contributed by atoms with Crippen LogP contribution in [-0.2, 0) is 6.54 Å². The Hall–Kier alpha value is -1.03. The highest BCUT2D eigenvalue weighted by Crippen LogP contribution is 2.09. The highest BCUT2D eigenvalue weighted by molar-refractivity contribution is 4.99. The van der Waals surface area contributed by atoms with Gasteiger partial charge >= 0.3 is 6.08 Å². The molecule has 0 atom stereocenters. The largest absolute Gasteiger partial charge is 0.450 e. The highest BCUT2D eigenvalue weighted by Gasteiger charge is 2.02. The van der Waals surface area contributed by atoms with Crippen LogP contribution in [-0.4, -0.2) is 18.1 Å². The van der Waals surface area contributed by atoms with E-state index >= 15 is 0 Å². The smallest absolute Gasteiger partial charge is 0.393 e. The Morgan fingerprint density at radius 3 is 3.08 bits per heavy atom. The number of rotatable bonds is 6. The van der Waals surface area contributed by atoms with E-state index in [1.165, 1.54) is 0 Å². The fraction of sp³-hybridized carbons (Fsp3) is 0.667. The van der Waals surface area contributed by atoms with Crippen molar-refractivity contribution in [1.82, 2.24) is 10.3 Å². The van der Waals surface area contributed by atoms with Crippen LogP contribution in [0.15, 0.2) is 10.7 Å². The second-order valence-corrected chi connectivity index (χ2v) is 2.71. The van der Waals surface area contributed by atoms with Crippen LogP contribution in [0.3, 0.4) is 0 Å². The third-order valence-corrected chi connectivity index (χ3v) is 1.53. The quantitative estimate of drug-likeness (QED) is 0.682. The van der Waals surface area contributed by atoms with Crippen LogP contribution in [0, 0.1) is 0 Å². The van der Waals surface area contributed by atoms with Gasteiger partial charge in [-0.05, 0) is 19.9 Å². The molecular formula is C9H16N2O2. The first-order valence-corrected chi connectivity index (χ1v) is 4.64. The molecule has 0 aliphatic heterocycles. The lowest BCUT2D eigenvalue weighted by Gasteiger charge is -1.97. The van der Waals surface area contributed by atoms with Crippen LogP contribution in [0.1, 0.15) is 26.0 Å². The molecule has 4 heteroatoms. The van der Waals surface area contributed by atoms with Crippen LogP contribution in [0.2, 0.25) is 0 Å². The minimum Gasteiger partial charge on any atom is -0.450 e. The zero-order valence-electron chi connectivity index (χ0n) is 8.17. The first kappa shape index (κ1) is 10.1. The van der Waals surface area contributed by atoms with Crippen LogP contribution in [0.5, 0.6) is 6.08 Å². The van der Waals surface area contributed by atoms with Crippen LogP contribution >= 0.6 is 0 Å². The monoisotopic (exact) mass is 184 g/mol. The van der Waals surface area contributed by atoms with E-state index in [-0.39, 0.29) is 0 Å². The van der Waals surface area contributed by atoms with E-state index < -0.39 is 0 Å². The Morgan fingerprint density at radius 2 is 2.38 bits per heavy atom. The summed E-state index contributed by atoms with van der Waals surface area (Å²) in [6, 6.07) is 0. The molecule has 1 aromatic heterocycles. The first-order valence-electron chi connectivity index (χ1n) is 4.64. The van der Waals surface area contributed by atoms with Crippen molar-refractivity contribution in [2.24, 2.45) is 0 Å². The minimum atomic E-state index is 0.357. The molecule has 1 N–H and O–H groups in total. The number of nitrogens with one attached hydrogen (secondary N) is 1. The SMILES string of the molecule is CCCNCc1coc(OCC)n1. The Morgan fingerprint density at radius 1 is 1.54 bits per heavy atom. The Labute approximate surface area is 78.3 Å². The maximum atomic E-state index is 5.09. The van der Waals surface area contributed by atoms with Gasteiger partial charge in [0.15, 0.2) is 0 Å². The van der Waals surface area contributed by atoms with Crippen LogP contribution in [0.4, 0.5) is 0 Å². The number of hydrogen-bond donors (Lipinski definition) is 1. The van der Waals surface area contributed by atoms with E-state index in [1.807, 2.05) is 6.92 Å². The predicted octanol–water partition coefficient (Wildman–Crippen LogP) is 1.57.